The van der Waals surface area contributed by atoms with E-state index in [4.69, 9.17) is 9.47 Å². The van der Waals surface area contributed by atoms with E-state index < -0.39 is 40.4 Å². The van der Waals surface area contributed by atoms with Gasteiger partial charge in [0.1, 0.15) is 29.6 Å². The van der Waals surface area contributed by atoms with E-state index in [1.807, 2.05) is 0 Å². The van der Waals surface area contributed by atoms with Gasteiger partial charge in [0.05, 0.1) is 0 Å². The molecule has 1 saturated carbocycles. The molecule has 0 aliphatic heterocycles. The van der Waals surface area contributed by atoms with Crippen LogP contribution >= 0.6 is 0 Å². The Morgan fingerprint density at radius 1 is 1.04 bits per heavy atom. The van der Waals surface area contributed by atoms with E-state index in [2.05, 4.69) is 9.68 Å². The van der Waals surface area contributed by atoms with Crippen LogP contribution in [0.4, 0.5) is 0 Å². The Labute approximate surface area is 152 Å². The molecule has 0 aromatic heterocycles. The smallest absolute Gasteiger partial charge is 0.342 e. The lowest BCUT2D eigenvalue weighted by Gasteiger charge is -2.32. The second kappa shape index (κ2) is 8.78. The molecular weight excluding hydrogens is 368 g/mol. The summed E-state index contributed by atoms with van der Waals surface area (Å²) in [7, 11) is 0. The number of benzene rings is 1. The first-order valence-corrected chi connectivity index (χ1v) is 7.87. The molecule has 0 radical (unpaired) electrons. The van der Waals surface area contributed by atoms with Crippen molar-refractivity contribution in [3.05, 3.63) is 50.1 Å². The first-order chi connectivity index (χ1) is 12.8. The molecule has 1 fully saturated rings. The van der Waals surface area contributed by atoms with Crippen LogP contribution in [0.2, 0.25) is 0 Å². The quantitative estimate of drug-likeness (QED) is 0.292. The molecule has 12 heteroatoms. The topological polar surface area (TPSA) is 157 Å². The highest BCUT2D eigenvalue weighted by Gasteiger charge is 2.37. The summed E-state index contributed by atoms with van der Waals surface area (Å²) in [6.07, 6.45) is -3.17. The van der Waals surface area contributed by atoms with Gasteiger partial charge >= 0.3 is 11.9 Å². The summed E-state index contributed by atoms with van der Waals surface area (Å²) in [5, 5.41) is 19.0. The molecule has 1 aromatic carbocycles. The van der Waals surface area contributed by atoms with Gasteiger partial charge in [-0.05, 0) is 25.0 Å². The average Bonchev–Trinajstić information content (AvgIpc) is 2.56. The molecule has 146 valence electrons. The zero-order chi connectivity index (χ0) is 20.0. The Balaban J connectivity index is 2.07. The molecular formula is C15H16N2O10. The number of hydrogen-bond donors (Lipinski definition) is 0. The lowest BCUT2D eigenvalue weighted by atomic mass is 9.92. The maximum atomic E-state index is 12.4. The van der Waals surface area contributed by atoms with Crippen LogP contribution in [0.25, 0.3) is 0 Å². The van der Waals surface area contributed by atoms with Gasteiger partial charge in [0.25, 0.3) is 10.2 Å². The Morgan fingerprint density at radius 3 is 2.30 bits per heavy atom. The summed E-state index contributed by atoms with van der Waals surface area (Å²) in [5.41, 5.74) is 0.00288. The van der Waals surface area contributed by atoms with Gasteiger partial charge in [0.2, 0.25) is 0 Å². The van der Waals surface area contributed by atoms with E-state index in [0.717, 1.165) is 0 Å². The lowest BCUT2D eigenvalue weighted by molar-refractivity contribution is -0.800. The number of para-hydroxylation sites is 1. The van der Waals surface area contributed by atoms with Gasteiger partial charge in [-0.1, -0.05) is 12.1 Å². The third kappa shape index (κ3) is 5.80. The highest BCUT2D eigenvalue weighted by atomic mass is 17.0. The number of rotatable bonds is 7. The predicted molar refractivity (Wildman–Crippen MR) is 84.5 cm³/mol. The molecule has 0 saturated heterocycles. The van der Waals surface area contributed by atoms with E-state index >= 15 is 0 Å². The minimum absolute atomic E-state index is 0.00288. The van der Waals surface area contributed by atoms with Crippen LogP contribution < -0.4 is 4.74 Å². The average molecular weight is 384 g/mol. The standard InChI is InChI=1S/C15H16N2O10/c1-9(18)24-12-5-3-2-4-11(12)15(19)25-10-6-7-13(26-16(20)21)14(8-10)27-17(22)23/h2-5,10,13-14H,6-8H2,1H3. The highest BCUT2D eigenvalue weighted by molar-refractivity contribution is 5.93. The molecule has 1 aromatic rings. The van der Waals surface area contributed by atoms with Crippen LogP contribution in [-0.4, -0.2) is 40.4 Å². The van der Waals surface area contributed by atoms with E-state index in [-0.39, 0.29) is 30.6 Å². The van der Waals surface area contributed by atoms with Gasteiger partial charge in [-0.3, -0.25) is 4.79 Å². The number of nitrogens with zero attached hydrogens (tertiary/aromatic N) is 2. The number of carbonyl (C=O) groups excluding carboxylic acids is 2. The summed E-state index contributed by atoms with van der Waals surface area (Å²) in [5.74, 6) is -1.41. The number of carbonyl (C=O) groups is 2. The first-order valence-electron chi connectivity index (χ1n) is 7.87. The van der Waals surface area contributed by atoms with Crippen LogP contribution in [0.1, 0.15) is 36.5 Å². The summed E-state index contributed by atoms with van der Waals surface area (Å²) in [6.45, 7) is 1.18. The molecule has 0 spiro atoms. The summed E-state index contributed by atoms with van der Waals surface area (Å²) in [6, 6.07) is 5.92. The third-order valence-corrected chi connectivity index (χ3v) is 3.76. The molecule has 0 N–H and O–H groups in total. The van der Waals surface area contributed by atoms with Gasteiger partial charge in [-0.15, -0.1) is 20.2 Å². The van der Waals surface area contributed by atoms with E-state index in [1.165, 1.54) is 19.1 Å². The Hall–Kier alpha value is -3.44. The normalized spacial score (nSPS) is 21.6. The number of hydrogen-bond acceptors (Lipinski definition) is 10. The predicted octanol–water partition coefficient (Wildman–Crippen LogP) is 1.47. The van der Waals surface area contributed by atoms with Crippen molar-refractivity contribution >= 4 is 11.9 Å². The minimum atomic E-state index is -1.26. The van der Waals surface area contributed by atoms with Crippen molar-refractivity contribution in [1.82, 2.24) is 0 Å². The Bertz CT molecular complexity index is 737. The van der Waals surface area contributed by atoms with Crippen LogP contribution in [0.5, 0.6) is 5.75 Å². The maximum absolute atomic E-state index is 12.4. The second-order valence-electron chi connectivity index (χ2n) is 5.67. The molecule has 0 heterocycles. The van der Waals surface area contributed by atoms with Gasteiger partial charge in [-0.2, -0.15) is 0 Å². The minimum Gasteiger partial charge on any atom is -0.459 e. The van der Waals surface area contributed by atoms with Crippen LogP contribution in [0.15, 0.2) is 24.3 Å². The van der Waals surface area contributed by atoms with Crippen molar-refractivity contribution in [3.63, 3.8) is 0 Å². The molecule has 2 rings (SSSR count). The largest absolute Gasteiger partial charge is 0.459 e. The molecule has 12 nitrogen and oxygen atoms in total. The zero-order valence-electron chi connectivity index (χ0n) is 14.1. The third-order valence-electron chi connectivity index (χ3n) is 3.76. The molecule has 3 unspecified atom stereocenters. The number of ether oxygens (including phenoxy) is 2. The fraction of sp³-hybridized carbons (Fsp3) is 0.467. The molecule has 1 aliphatic carbocycles. The molecule has 1 aliphatic rings. The van der Waals surface area contributed by atoms with Crippen molar-refractivity contribution < 1.29 is 38.9 Å². The fourth-order valence-corrected chi connectivity index (χ4v) is 2.72. The van der Waals surface area contributed by atoms with Crippen molar-refractivity contribution in [2.24, 2.45) is 0 Å². The Kier molecular flexibility index (Phi) is 6.46. The molecule has 27 heavy (non-hydrogen) atoms. The van der Waals surface area contributed by atoms with E-state index in [0.29, 0.717) is 0 Å². The van der Waals surface area contributed by atoms with E-state index in [1.54, 1.807) is 12.1 Å². The van der Waals surface area contributed by atoms with Gasteiger partial charge in [0.15, 0.2) is 0 Å². The van der Waals surface area contributed by atoms with Gasteiger partial charge in [0, 0.05) is 13.3 Å². The monoisotopic (exact) mass is 384 g/mol. The number of esters is 2. The lowest BCUT2D eigenvalue weighted by Crippen LogP contribution is -2.43. The summed E-state index contributed by atoms with van der Waals surface area (Å²) < 4.78 is 10.2. The van der Waals surface area contributed by atoms with Crippen molar-refractivity contribution in [2.75, 3.05) is 0 Å². The molecule has 3 atom stereocenters. The summed E-state index contributed by atoms with van der Waals surface area (Å²) >= 11 is 0. The summed E-state index contributed by atoms with van der Waals surface area (Å²) in [4.78, 5) is 53.4. The zero-order valence-corrected chi connectivity index (χ0v) is 14.1. The van der Waals surface area contributed by atoms with Gasteiger partial charge < -0.3 is 19.1 Å². The molecule has 0 bridgehead atoms. The van der Waals surface area contributed by atoms with Crippen molar-refractivity contribution in [1.29, 1.82) is 0 Å². The van der Waals surface area contributed by atoms with Crippen molar-refractivity contribution in [2.45, 2.75) is 44.5 Å². The SMILES string of the molecule is CC(=O)Oc1ccccc1C(=O)OC1CCC(O[N+](=O)[O-])C(O[N+](=O)[O-])C1. The fourth-order valence-electron chi connectivity index (χ4n) is 2.72. The van der Waals surface area contributed by atoms with Crippen LogP contribution in [0.3, 0.4) is 0 Å². The van der Waals surface area contributed by atoms with Crippen LogP contribution in [-0.2, 0) is 19.2 Å². The van der Waals surface area contributed by atoms with Crippen LogP contribution in [0, 0.1) is 20.2 Å². The van der Waals surface area contributed by atoms with Gasteiger partial charge in [-0.25, -0.2) is 4.79 Å². The highest BCUT2D eigenvalue weighted by Crippen LogP contribution is 2.28. The second-order valence-corrected chi connectivity index (χ2v) is 5.67. The first kappa shape index (κ1) is 19.9. The molecule has 0 amide bonds. The van der Waals surface area contributed by atoms with E-state index in [9.17, 15) is 29.8 Å². The van der Waals surface area contributed by atoms with Crippen molar-refractivity contribution in [3.8, 4) is 5.75 Å². The maximum Gasteiger partial charge on any atom is 0.342 e. The Morgan fingerprint density at radius 2 is 1.67 bits per heavy atom.